The van der Waals surface area contributed by atoms with Crippen molar-refractivity contribution in [1.82, 2.24) is 4.31 Å². The second kappa shape index (κ2) is 8.65. The Morgan fingerprint density at radius 3 is 2.29 bits per heavy atom. The van der Waals surface area contributed by atoms with Gasteiger partial charge in [0.25, 0.3) is 5.91 Å². The van der Waals surface area contributed by atoms with Crippen LogP contribution in [0.2, 0.25) is 0 Å². The molecular formula is C19H19N3O5S. The summed E-state index contributed by atoms with van der Waals surface area (Å²) >= 11 is 0. The second-order valence-corrected chi connectivity index (χ2v) is 8.16. The highest BCUT2D eigenvalue weighted by atomic mass is 32.2. The van der Waals surface area contributed by atoms with Crippen molar-refractivity contribution in [2.75, 3.05) is 19.4 Å². The van der Waals surface area contributed by atoms with Crippen molar-refractivity contribution in [2.24, 2.45) is 0 Å². The van der Waals surface area contributed by atoms with E-state index in [0.717, 1.165) is 4.31 Å². The van der Waals surface area contributed by atoms with Gasteiger partial charge in [-0.05, 0) is 43.3 Å². The first-order chi connectivity index (χ1) is 13.2. The van der Waals surface area contributed by atoms with Crippen molar-refractivity contribution < 1.29 is 22.7 Å². The van der Waals surface area contributed by atoms with Crippen LogP contribution in [0.4, 0.5) is 5.69 Å². The molecule has 0 heterocycles. The zero-order valence-electron chi connectivity index (χ0n) is 15.5. The molecule has 0 saturated carbocycles. The van der Waals surface area contributed by atoms with Crippen molar-refractivity contribution in [3.63, 3.8) is 0 Å². The van der Waals surface area contributed by atoms with Crippen LogP contribution >= 0.6 is 0 Å². The summed E-state index contributed by atoms with van der Waals surface area (Å²) in [4.78, 5) is 24.5. The minimum atomic E-state index is -3.61. The number of hydrogen-bond acceptors (Lipinski definition) is 6. The number of amides is 1. The third-order valence-electron chi connectivity index (χ3n) is 3.83. The highest BCUT2D eigenvalue weighted by molar-refractivity contribution is 7.89. The quantitative estimate of drug-likeness (QED) is 0.740. The van der Waals surface area contributed by atoms with Crippen LogP contribution in [0.25, 0.3) is 0 Å². The number of benzene rings is 2. The molecule has 0 radical (unpaired) electrons. The summed E-state index contributed by atoms with van der Waals surface area (Å²) in [7, 11) is -0.796. The summed E-state index contributed by atoms with van der Waals surface area (Å²) < 4.78 is 30.3. The van der Waals surface area contributed by atoms with E-state index in [9.17, 15) is 18.0 Å². The largest absolute Gasteiger partial charge is 0.449 e. The van der Waals surface area contributed by atoms with Crippen LogP contribution in [-0.2, 0) is 19.6 Å². The van der Waals surface area contributed by atoms with Gasteiger partial charge in [-0.3, -0.25) is 4.79 Å². The zero-order chi connectivity index (χ0) is 20.9. The van der Waals surface area contributed by atoms with Crippen molar-refractivity contribution >= 4 is 27.6 Å². The van der Waals surface area contributed by atoms with E-state index in [1.165, 1.54) is 45.3 Å². The van der Waals surface area contributed by atoms with Gasteiger partial charge < -0.3 is 10.1 Å². The first-order valence-electron chi connectivity index (χ1n) is 8.20. The first-order valence-corrected chi connectivity index (χ1v) is 9.64. The molecule has 28 heavy (non-hydrogen) atoms. The Morgan fingerprint density at radius 2 is 1.71 bits per heavy atom. The number of ether oxygens (including phenoxy) is 1. The lowest BCUT2D eigenvalue weighted by molar-refractivity contribution is -0.123. The fourth-order valence-corrected chi connectivity index (χ4v) is 3.08. The summed E-state index contributed by atoms with van der Waals surface area (Å²) in [5.41, 5.74) is 0.706. The molecule has 0 saturated heterocycles. The molecule has 0 aliphatic rings. The van der Waals surface area contributed by atoms with Gasteiger partial charge in [0.1, 0.15) is 6.07 Å². The third-order valence-corrected chi connectivity index (χ3v) is 5.66. The maximum atomic E-state index is 12.2. The topological polar surface area (TPSA) is 117 Å². The van der Waals surface area contributed by atoms with E-state index in [1.807, 2.05) is 6.07 Å². The number of nitrogens with zero attached hydrogens (tertiary/aromatic N) is 2. The number of carbonyl (C=O) groups is 2. The smallest absolute Gasteiger partial charge is 0.338 e. The molecule has 0 aliphatic carbocycles. The molecule has 8 nitrogen and oxygen atoms in total. The fraction of sp³-hybridized carbons (Fsp3) is 0.211. The minimum absolute atomic E-state index is 0.0351. The molecule has 1 amide bonds. The molecule has 9 heteroatoms. The van der Waals surface area contributed by atoms with Gasteiger partial charge in [-0.1, -0.05) is 12.1 Å². The van der Waals surface area contributed by atoms with Gasteiger partial charge in [-0.2, -0.15) is 5.26 Å². The van der Waals surface area contributed by atoms with Crippen LogP contribution in [0.1, 0.15) is 22.8 Å². The number of nitriles is 1. The molecule has 0 bridgehead atoms. The fourth-order valence-electron chi connectivity index (χ4n) is 2.18. The number of nitrogens with one attached hydrogen (secondary N) is 1. The number of carbonyl (C=O) groups excluding carboxylic acids is 2. The summed E-state index contributed by atoms with van der Waals surface area (Å²) in [6.45, 7) is 1.40. The predicted octanol–water partition coefficient (Wildman–Crippen LogP) is 1.99. The molecule has 0 aromatic heterocycles. The van der Waals surface area contributed by atoms with E-state index in [1.54, 1.807) is 24.3 Å². The Bertz CT molecular complexity index is 1020. The predicted molar refractivity (Wildman–Crippen MR) is 102 cm³/mol. The number of para-hydroxylation sites is 1. The van der Waals surface area contributed by atoms with Gasteiger partial charge in [0.05, 0.1) is 21.7 Å². The van der Waals surface area contributed by atoms with Crippen LogP contribution in [0, 0.1) is 11.3 Å². The first kappa shape index (κ1) is 21.1. The SMILES string of the molecule is C[C@H](OC(=O)c1ccc(S(=O)(=O)N(C)C)cc1)C(=O)Nc1ccccc1C#N. The third kappa shape index (κ3) is 4.73. The standard InChI is InChI=1S/C19H19N3O5S/c1-13(18(23)21-17-7-5-4-6-15(17)12-20)27-19(24)14-8-10-16(11-9-14)28(25,26)22(2)3/h4-11,13H,1-3H3,(H,21,23)/t13-/m0/s1. The normalized spacial score (nSPS) is 12.1. The summed E-state index contributed by atoms with van der Waals surface area (Å²) in [5.74, 6) is -1.37. The molecule has 2 aromatic carbocycles. The Labute approximate surface area is 163 Å². The van der Waals surface area contributed by atoms with E-state index < -0.39 is 28.0 Å². The van der Waals surface area contributed by atoms with Crippen LogP contribution in [0.5, 0.6) is 0 Å². The lowest BCUT2D eigenvalue weighted by Gasteiger charge is -2.15. The summed E-state index contributed by atoms with van der Waals surface area (Å²) in [6.07, 6.45) is -1.12. The molecule has 2 rings (SSSR count). The van der Waals surface area contributed by atoms with Gasteiger partial charge in [-0.25, -0.2) is 17.5 Å². The van der Waals surface area contributed by atoms with Crippen molar-refractivity contribution in [2.45, 2.75) is 17.9 Å². The Hall–Kier alpha value is -3.22. The maximum Gasteiger partial charge on any atom is 0.338 e. The van der Waals surface area contributed by atoms with Crippen molar-refractivity contribution in [3.8, 4) is 6.07 Å². The van der Waals surface area contributed by atoms with Crippen molar-refractivity contribution in [3.05, 3.63) is 59.7 Å². The number of hydrogen-bond donors (Lipinski definition) is 1. The van der Waals surface area contributed by atoms with Crippen LogP contribution < -0.4 is 5.32 Å². The van der Waals surface area contributed by atoms with Crippen LogP contribution in [0.3, 0.4) is 0 Å². The summed E-state index contributed by atoms with van der Waals surface area (Å²) in [6, 6.07) is 13.6. The number of rotatable bonds is 6. The van der Waals surface area contributed by atoms with Gasteiger partial charge >= 0.3 is 5.97 Å². The molecule has 0 aliphatic heterocycles. The summed E-state index contributed by atoms with van der Waals surface area (Å²) in [5, 5.41) is 11.6. The van der Waals surface area contributed by atoms with Gasteiger partial charge in [-0.15, -0.1) is 0 Å². The van der Waals surface area contributed by atoms with Gasteiger partial charge in [0.2, 0.25) is 10.0 Å². The van der Waals surface area contributed by atoms with E-state index in [2.05, 4.69) is 5.32 Å². The lowest BCUT2D eigenvalue weighted by Crippen LogP contribution is -2.30. The number of sulfonamides is 1. The number of anilines is 1. The molecule has 1 N–H and O–H groups in total. The molecule has 0 spiro atoms. The van der Waals surface area contributed by atoms with E-state index in [-0.39, 0.29) is 16.0 Å². The molecular weight excluding hydrogens is 382 g/mol. The average molecular weight is 401 g/mol. The highest BCUT2D eigenvalue weighted by Gasteiger charge is 2.21. The average Bonchev–Trinajstić information content (AvgIpc) is 2.68. The Morgan fingerprint density at radius 1 is 1.11 bits per heavy atom. The number of esters is 1. The minimum Gasteiger partial charge on any atom is -0.449 e. The Kier molecular flexibility index (Phi) is 6.51. The molecule has 0 fully saturated rings. The van der Waals surface area contributed by atoms with Crippen LogP contribution in [0.15, 0.2) is 53.4 Å². The monoisotopic (exact) mass is 401 g/mol. The van der Waals surface area contributed by atoms with Gasteiger partial charge in [0, 0.05) is 14.1 Å². The zero-order valence-corrected chi connectivity index (χ0v) is 16.4. The maximum absolute atomic E-state index is 12.2. The van der Waals surface area contributed by atoms with Crippen LogP contribution in [-0.4, -0.2) is 44.8 Å². The van der Waals surface area contributed by atoms with E-state index in [4.69, 9.17) is 10.00 Å². The van der Waals surface area contributed by atoms with E-state index >= 15 is 0 Å². The lowest BCUT2D eigenvalue weighted by atomic mass is 10.2. The van der Waals surface area contributed by atoms with E-state index in [0.29, 0.717) is 5.69 Å². The second-order valence-electron chi connectivity index (χ2n) is 6.01. The highest BCUT2D eigenvalue weighted by Crippen LogP contribution is 2.16. The molecule has 0 unspecified atom stereocenters. The Balaban J connectivity index is 2.06. The molecule has 2 aromatic rings. The van der Waals surface area contributed by atoms with Gasteiger partial charge in [0.15, 0.2) is 6.10 Å². The molecule has 1 atom stereocenters. The van der Waals surface area contributed by atoms with Crippen molar-refractivity contribution in [1.29, 1.82) is 5.26 Å². The molecule has 146 valence electrons.